The third kappa shape index (κ3) is 6.28. The summed E-state index contributed by atoms with van der Waals surface area (Å²) in [5, 5.41) is 12.3. The van der Waals surface area contributed by atoms with Crippen LogP contribution < -0.4 is 0 Å². The van der Waals surface area contributed by atoms with E-state index in [2.05, 4.69) is 29.3 Å². The molecule has 0 radical (unpaired) electrons. The molecule has 4 heteroatoms. The normalized spacial score (nSPS) is 12.7. The molecule has 0 bridgehead atoms. The summed E-state index contributed by atoms with van der Waals surface area (Å²) in [5.74, 6) is 0. The van der Waals surface area contributed by atoms with Gasteiger partial charge in [-0.15, -0.1) is 11.3 Å². The molecule has 3 nitrogen and oxygen atoms in total. The zero-order chi connectivity index (χ0) is 15.6. The fourth-order valence-electron chi connectivity index (χ4n) is 2.41. The molecule has 1 atom stereocenters. The van der Waals surface area contributed by atoms with Crippen molar-refractivity contribution in [2.75, 3.05) is 19.7 Å². The molecule has 0 aliphatic carbocycles. The minimum Gasteiger partial charge on any atom is -0.389 e. The highest BCUT2D eigenvalue weighted by molar-refractivity contribution is 7.09. The Bertz CT molecular complexity index is 501. The van der Waals surface area contributed by atoms with Gasteiger partial charge in [-0.1, -0.05) is 43.3 Å². The maximum atomic E-state index is 10.2. The number of nitrogens with zero attached hydrogens (tertiary/aromatic N) is 1. The van der Waals surface area contributed by atoms with Crippen molar-refractivity contribution in [2.45, 2.75) is 32.6 Å². The third-order valence-electron chi connectivity index (χ3n) is 3.39. The van der Waals surface area contributed by atoms with Crippen molar-refractivity contribution in [3.63, 3.8) is 0 Å². The van der Waals surface area contributed by atoms with Crippen LogP contribution in [0.1, 0.15) is 23.8 Å². The predicted molar refractivity (Wildman–Crippen MR) is 92.0 cm³/mol. The van der Waals surface area contributed by atoms with Crippen molar-refractivity contribution < 1.29 is 9.84 Å². The maximum Gasteiger partial charge on any atom is 0.0900 e. The Morgan fingerprint density at radius 2 is 2.00 bits per heavy atom. The van der Waals surface area contributed by atoms with Crippen molar-refractivity contribution in [1.82, 2.24) is 4.90 Å². The number of aliphatic hydroxyl groups excluding tert-OH is 1. The van der Waals surface area contributed by atoms with E-state index >= 15 is 0 Å². The first-order chi connectivity index (χ1) is 10.8. The van der Waals surface area contributed by atoms with Gasteiger partial charge in [-0.2, -0.15) is 0 Å². The van der Waals surface area contributed by atoms with Crippen LogP contribution in [0, 0.1) is 0 Å². The van der Waals surface area contributed by atoms with Crippen LogP contribution in [0.3, 0.4) is 0 Å². The van der Waals surface area contributed by atoms with E-state index in [9.17, 15) is 5.11 Å². The summed E-state index contributed by atoms with van der Waals surface area (Å²) in [4.78, 5) is 3.63. The Balaban J connectivity index is 1.72. The maximum absolute atomic E-state index is 10.2. The molecule has 1 heterocycles. The third-order valence-corrected chi connectivity index (χ3v) is 4.25. The van der Waals surface area contributed by atoms with Gasteiger partial charge in [-0.25, -0.2) is 0 Å². The van der Waals surface area contributed by atoms with E-state index in [0.717, 1.165) is 25.1 Å². The molecule has 2 rings (SSSR count). The number of aliphatic hydroxyl groups is 1. The number of rotatable bonds is 10. The number of benzene rings is 1. The lowest BCUT2D eigenvalue weighted by molar-refractivity contribution is 0.00871. The molecule has 0 saturated heterocycles. The molecule has 0 unspecified atom stereocenters. The van der Waals surface area contributed by atoms with Crippen LogP contribution in [-0.2, 0) is 17.9 Å². The lowest BCUT2D eigenvalue weighted by atomic mass is 10.2. The smallest absolute Gasteiger partial charge is 0.0900 e. The monoisotopic (exact) mass is 319 g/mol. The number of ether oxygens (including phenoxy) is 1. The summed E-state index contributed by atoms with van der Waals surface area (Å²) >= 11 is 1.76. The molecular formula is C18H25NO2S. The second-order valence-corrected chi connectivity index (χ2v) is 6.50. The van der Waals surface area contributed by atoms with Gasteiger partial charge in [-0.05, 0) is 30.0 Å². The van der Waals surface area contributed by atoms with Crippen LogP contribution in [0.4, 0.5) is 0 Å². The van der Waals surface area contributed by atoms with Gasteiger partial charge in [-0.3, -0.25) is 4.90 Å². The SMILES string of the molecule is CCCN(Cc1cccs1)C[C@@H](O)COCc1ccccc1. The molecule has 0 amide bonds. The van der Waals surface area contributed by atoms with E-state index in [1.54, 1.807) is 11.3 Å². The van der Waals surface area contributed by atoms with Crippen LogP contribution in [0.5, 0.6) is 0 Å². The topological polar surface area (TPSA) is 32.7 Å². The van der Waals surface area contributed by atoms with Crippen LogP contribution in [-0.4, -0.2) is 35.8 Å². The van der Waals surface area contributed by atoms with Crippen LogP contribution >= 0.6 is 11.3 Å². The summed E-state index contributed by atoms with van der Waals surface area (Å²) in [7, 11) is 0. The molecule has 1 N–H and O–H groups in total. The van der Waals surface area contributed by atoms with E-state index in [1.807, 2.05) is 30.3 Å². The van der Waals surface area contributed by atoms with Gasteiger partial charge in [0.2, 0.25) is 0 Å². The first kappa shape index (κ1) is 17.2. The molecule has 0 aliphatic rings. The summed E-state index contributed by atoms with van der Waals surface area (Å²) < 4.78 is 5.62. The van der Waals surface area contributed by atoms with Crippen LogP contribution in [0.2, 0.25) is 0 Å². The summed E-state index contributed by atoms with van der Waals surface area (Å²) in [5.41, 5.74) is 1.14. The minimum absolute atomic E-state index is 0.375. The van der Waals surface area contributed by atoms with E-state index in [0.29, 0.717) is 19.8 Å². The predicted octanol–water partition coefficient (Wildman–Crippen LogP) is 3.54. The Hall–Kier alpha value is -1.20. The Morgan fingerprint density at radius 1 is 1.18 bits per heavy atom. The van der Waals surface area contributed by atoms with Gasteiger partial charge in [0.05, 0.1) is 19.3 Å². The average Bonchev–Trinajstić information content (AvgIpc) is 3.01. The zero-order valence-corrected chi connectivity index (χ0v) is 14.0. The number of hydrogen-bond donors (Lipinski definition) is 1. The van der Waals surface area contributed by atoms with E-state index in [-0.39, 0.29) is 0 Å². The molecule has 0 saturated carbocycles. The van der Waals surface area contributed by atoms with Crippen molar-refractivity contribution in [3.8, 4) is 0 Å². The van der Waals surface area contributed by atoms with E-state index in [1.165, 1.54) is 4.88 Å². The van der Waals surface area contributed by atoms with E-state index < -0.39 is 6.10 Å². The van der Waals surface area contributed by atoms with Gasteiger partial charge in [0, 0.05) is 18.0 Å². The second-order valence-electron chi connectivity index (χ2n) is 5.47. The molecule has 1 aromatic heterocycles. The lowest BCUT2D eigenvalue weighted by Gasteiger charge is -2.24. The van der Waals surface area contributed by atoms with Gasteiger partial charge in [0.25, 0.3) is 0 Å². The molecule has 22 heavy (non-hydrogen) atoms. The second kappa shape index (κ2) is 9.74. The standard InChI is InChI=1S/C18H25NO2S/c1-2-10-19(13-18-9-6-11-22-18)12-17(20)15-21-14-16-7-4-3-5-8-16/h3-9,11,17,20H,2,10,12-15H2,1H3/t17-/m1/s1. The van der Waals surface area contributed by atoms with Crippen molar-refractivity contribution in [1.29, 1.82) is 0 Å². The van der Waals surface area contributed by atoms with Crippen molar-refractivity contribution in [2.24, 2.45) is 0 Å². The van der Waals surface area contributed by atoms with Crippen molar-refractivity contribution >= 4 is 11.3 Å². The minimum atomic E-state index is -0.449. The molecular weight excluding hydrogens is 294 g/mol. The van der Waals surface area contributed by atoms with E-state index in [4.69, 9.17) is 4.74 Å². The first-order valence-electron chi connectivity index (χ1n) is 7.82. The first-order valence-corrected chi connectivity index (χ1v) is 8.70. The van der Waals surface area contributed by atoms with Gasteiger partial charge < -0.3 is 9.84 Å². The highest BCUT2D eigenvalue weighted by Crippen LogP contribution is 2.12. The van der Waals surface area contributed by atoms with Gasteiger partial charge in [0.15, 0.2) is 0 Å². The largest absolute Gasteiger partial charge is 0.389 e. The molecule has 1 aromatic carbocycles. The molecule has 120 valence electrons. The number of hydrogen-bond acceptors (Lipinski definition) is 4. The summed E-state index contributed by atoms with van der Waals surface area (Å²) in [6, 6.07) is 14.3. The summed E-state index contributed by atoms with van der Waals surface area (Å²) in [6.07, 6.45) is 0.637. The van der Waals surface area contributed by atoms with Gasteiger partial charge >= 0.3 is 0 Å². The lowest BCUT2D eigenvalue weighted by Crippen LogP contribution is -2.34. The fourth-order valence-corrected chi connectivity index (χ4v) is 3.16. The number of thiophene rings is 1. The Kier molecular flexibility index (Phi) is 7.60. The highest BCUT2D eigenvalue weighted by Gasteiger charge is 2.12. The molecule has 2 aromatic rings. The van der Waals surface area contributed by atoms with Crippen LogP contribution in [0.25, 0.3) is 0 Å². The zero-order valence-electron chi connectivity index (χ0n) is 13.1. The quantitative estimate of drug-likeness (QED) is 0.727. The molecule has 0 aliphatic heterocycles. The van der Waals surface area contributed by atoms with Crippen molar-refractivity contribution in [3.05, 3.63) is 58.3 Å². The molecule has 0 fully saturated rings. The summed E-state index contributed by atoms with van der Waals surface area (Å²) in [6.45, 7) is 5.64. The highest BCUT2D eigenvalue weighted by atomic mass is 32.1. The Morgan fingerprint density at radius 3 is 2.68 bits per heavy atom. The van der Waals surface area contributed by atoms with Gasteiger partial charge in [0.1, 0.15) is 0 Å². The average molecular weight is 319 g/mol. The molecule has 0 spiro atoms. The van der Waals surface area contributed by atoms with Crippen LogP contribution in [0.15, 0.2) is 47.8 Å². The fraction of sp³-hybridized carbons (Fsp3) is 0.444. The Labute approximate surface area is 137 Å².